The van der Waals surface area contributed by atoms with Crippen LogP contribution in [0, 0.1) is 0 Å². The van der Waals surface area contributed by atoms with E-state index in [1.165, 1.54) is 0 Å². The van der Waals surface area contributed by atoms with E-state index in [1.54, 1.807) is 0 Å². The van der Waals surface area contributed by atoms with Gasteiger partial charge in [0.25, 0.3) is 11.3 Å². The van der Waals surface area contributed by atoms with Gasteiger partial charge in [0, 0.05) is 0 Å². The van der Waals surface area contributed by atoms with E-state index in [0.29, 0.717) is 0 Å². The zero-order valence-electron chi connectivity index (χ0n) is 15.2. The lowest BCUT2D eigenvalue weighted by molar-refractivity contribution is -0.137. The third-order valence-electron chi connectivity index (χ3n) is 4.28. The molecule has 3 aromatic rings. The van der Waals surface area contributed by atoms with Gasteiger partial charge in [0.1, 0.15) is 5.75 Å². The highest BCUT2D eigenvalue weighted by Crippen LogP contribution is 2.31. The molecule has 1 unspecified atom stereocenters. The van der Waals surface area contributed by atoms with Gasteiger partial charge in [0.2, 0.25) is 0 Å². The van der Waals surface area contributed by atoms with Gasteiger partial charge < -0.3 is 9.92 Å². The first-order chi connectivity index (χ1) is 13.8. The average Bonchev–Trinajstić information content (AvgIpc) is 2.72. The zero-order chi connectivity index (χ0) is 20.9. The maximum absolute atomic E-state index is 12.7. The van der Waals surface area contributed by atoms with Gasteiger partial charge in [0.15, 0.2) is 0 Å². The van der Waals surface area contributed by atoms with Crippen LogP contribution in [0.3, 0.4) is 0 Å². The number of halogens is 3. The lowest BCUT2D eigenvalue weighted by Gasteiger charge is -2.25. The summed E-state index contributed by atoms with van der Waals surface area (Å²) in [7, 11) is 0. The fourth-order valence-corrected chi connectivity index (χ4v) is 3.62. The molecule has 152 valence electrons. The number of alkyl halides is 3. The molecule has 3 rings (SSSR count). The lowest BCUT2D eigenvalue weighted by Crippen LogP contribution is -2.34. The minimum atomic E-state index is -4.45. The smallest absolute Gasteiger partial charge is 0.389 e. The van der Waals surface area contributed by atoms with E-state index in [4.69, 9.17) is 9.92 Å². The molecule has 3 atom stereocenters. The molecule has 0 aliphatic rings. The highest BCUT2D eigenvalue weighted by Gasteiger charge is 2.30. The van der Waals surface area contributed by atoms with Crippen LogP contribution in [-0.4, -0.2) is 4.21 Å². The molecule has 0 radical (unpaired) electrons. The SMILES string of the molecule is N[C@@H](c1ccccc1)[C@@H](NS(=O)Oc1ccc(C(F)(F)F)cc1)c1ccccc1. The van der Waals surface area contributed by atoms with Crippen molar-refractivity contribution in [3.8, 4) is 5.75 Å². The van der Waals surface area contributed by atoms with Crippen LogP contribution < -0.4 is 14.6 Å². The van der Waals surface area contributed by atoms with Crippen LogP contribution in [0.2, 0.25) is 0 Å². The Bertz CT molecular complexity index is 936. The first kappa shape index (κ1) is 21.0. The number of rotatable bonds is 7. The van der Waals surface area contributed by atoms with Crippen LogP contribution in [0.4, 0.5) is 13.2 Å². The van der Waals surface area contributed by atoms with E-state index < -0.39 is 35.1 Å². The summed E-state index contributed by atoms with van der Waals surface area (Å²) < 4.78 is 58.6. The predicted octanol–water partition coefficient (Wildman–Crippen LogP) is 4.69. The van der Waals surface area contributed by atoms with Crippen LogP contribution in [0.25, 0.3) is 0 Å². The Morgan fingerprint density at radius 3 is 1.86 bits per heavy atom. The summed E-state index contributed by atoms with van der Waals surface area (Å²) in [6.45, 7) is 0. The number of hydrogen-bond donors (Lipinski definition) is 2. The van der Waals surface area contributed by atoms with Gasteiger partial charge in [-0.15, -0.1) is 0 Å². The molecule has 3 aromatic carbocycles. The van der Waals surface area contributed by atoms with E-state index in [1.807, 2.05) is 60.7 Å². The summed E-state index contributed by atoms with van der Waals surface area (Å²) in [5.41, 5.74) is 7.23. The van der Waals surface area contributed by atoms with Gasteiger partial charge in [-0.25, -0.2) is 0 Å². The fraction of sp³-hybridized carbons (Fsp3) is 0.143. The van der Waals surface area contributed by atoms with Crippen molar-refractivity contribution in [1.29, 1.82) is 0 Å². The summed E-state index contributed by atoms with van der Waals surface area (Å²) in [5, 5.41) is 0. The Kier molecular flexibility index (Phi) is 6.68. The molecule has 29 heavy (non-hydrogen) atoms. The van der Waals surface area contributed by atoms with E-state index >= 15 is 0 Å². The van der Waals surface area contributed by atoms with Crippen LogP contribution in [0.15, 0.2) is 84.9 Å². The number of benzene rings is 3. The molecule has 0 amide bonds. The maximum atomic E-state index is 12.7. The largest absolute Gasteiger partial charge is 0.416 e. The molecular weight excluding hydrogens is 401 g/mol. The molecule has 0 fully saturated rings. The molecular formula is C21H19F3N2O2S. The van der Waals surface area contributed by atoms with Crippen molar-refractivity contribution in [3.63, 3.8) is 0 Å². The number of nitrogens with two attached hydrogens (primary N) is 1. The van der Waals surface area contributed by atoms with Crippen LogP contribution in [0.5, 0.6) is 5.75 Å². The first-order valence-corrected chi connectivity index (χ1v) is 9.81. The van der Waals surface area contributed by atoms with Crippen molar-refractivity contribution in [2.24, 2.45) is 5.73 Å². The van der Waals surface area contributed by atoms with Crippen molar-refractivity contribution >= 4 is 11.3 Å². The summed E-state index contributed by atoms with van der Waals surface area (Å²) in [5.74, 6) is 0.0453. The number of hydrogen-bond acceptors (Lipinski definition) is 3. The lowest BCUT2D eigenvalue weighted by atomic mass is 9.95. The van der Waals surface area contributed by atoms with Gasteiger partial charge in [-0.3, -0.25) is 0 Å². The summed E-state index contributed by atoms with van der Waals surface area (Å²) in [4.78, 5) is 0. The van der Waals surface area contributed by atoms with E-state index in [2.05, 4.69) is 4.72 Å². The van der Waals surface area contributed by atoms with Crippen molar-refractivity contribution in [2.75, 3.05) is 0 Å². The van der Waals surface area contributed by atoms with Crippen molar-refractivity contribution in [1.82, 2.24) is 4.72 Å². The Labute approximate surface area is 169 Å². The molecule has 8 heteroatoms. The molecule has 0 saturated heterocycles. The maximum Gasteiger partial charge on any atom is 0.416 e. The van der Waals surface area contributed by atoms with Crippen molar-refractivity contribution in [3.05, 3.63) is 102 Å². The Balaban J connectivity index is 1.76. The third kappa shape index (κ3) is 5.66. The molecule has 0 aromatic heterocycles. The van der Waals surface area contributed by atoms with Gasteiger partial charge >= 0.3 is 6.18 Å². The molecule has 0 aliphatic carbocycles. The zero-order valence-corrected chi connectivity index (χ0v) is 16.0. The minimum Gasteiger partial charge on any atom is -0.389 e. The van der Waals surface area contributed by atoms with Crippen LogP contribution in [0.1, 0.15) is 28.8 Å². The monoisotopic (exact) mass is 420 g/mol. The van der Waals surface area contributed by atoms with Crippen molar-refractivity contribution < 1.29 is 21.6 Å². The standard InChI is InChI=1S/C21H19F3N2O2S/c22-21(23,24)17-11-13-18(14-12-17)28-29(27)26-20(16-9-5-2-6-10-16)19(25)15-7-3-1-4-8-15/h1-14,19-20,26H,25H2/t19-,20-,29?/m0/s1. The minimum absolute atomic E-state index is 0.0453. The fourth-order valence-electron chi connectivity index (χ4n) is 2.79. The van der Waals surface area contributed by atoms with Gasteiger partial charge in [-0.05, 0) is 35.4 Å². The summed E-state index contributed by atoms with van der Waals surface area (Å²) in [6.07, 6.45) is -4.45. The molecule has 4 nitrogen and oxygen atoms in total. The van der Waals surface area contributed by atoms with Gasteiger partial charge in [0.05, 0.1) is 17.6 Å². The highest BCUT2D eigenvalue weighted by atomic mass is 32.2. The van der Waals surface area contributed by atoms with Gasteiger partial charge in [-0.2, -0.15) is 22.1 Å². The summed E-state index contributed by atoms with van der Waals surface area (Å²) in [6, 6.07) is 21.4. The van der Waals surface area contributed by atoms with Gasteiger partial charge in [-0.1, -0.05) is 60.7 Å². The number of nitrogens with one attached hydrogen (secondary N) is 1. The molecule has 0 bridgehead atoms. The first-order valence-electron chi connectivity index (χ1n) is 8.73. The molecule has 0 heterocycles. The second-order valence-electron chi connectivity index (χ2n) is 6.28. The topological polar surface area (TPSA) is 64.3 Å². The van der Waals surface area contributed by atoms with Crippen LogP contribution >= 0.6 is 0 Å². The predicted molar refractivity (Wildman–Crippen MR) is 106 cm³/mol. The summed E-state index contributed by atoms with van der Waals surface area (Å²) >= 11 is -2.03. The second kappa shape index (κ2) is 9.21. The van der Waals surface area contributed by atoms with E-state index in [-0.39, 0.29) is 5.75 Å². The Morgan fingerprint density at radius 1 is 0.828 bits per heavy atom. The molecule has 3 N–H and O–H groups in total. The molecule has 0 saturated carbocycles. The molecule has 0 aliphatic heterocycles. The Hall–Kier alpha value is -2.68. The Morgan fingerprint density at radius 2 is 1.34 bits per heavy atom. The van der Waals surface area contributed by atoms with Crippen LogP contribution in [-0.2, 0) is 17.4 Å². The third-order valence-corrected chi connectivity index (χ3v) is 5.07. The van der Waals surface area contributed by atoms with E-state index in [0.717, 1.165) is 35.4 Å². The van der Waals surface area contributed by atoms with E-state index in [9.17, 15) is 17.4 Å². The van der Waals surface area contributed by atoms with Crippen molar-refractivity contribution in [2.45, 2.75) is 18.3 Å². The quantitative estimate of drug-likeness (QED) is 0.583. The normalized spacial score (nSPS) is 14.8. The second-order valence-corrected chi connectivity index (χ2v) is 7.15. The average molecular weight is 420 g/mol. The highest BCUT2D eigenvalue weighted by molar-refractivity contribution is 7.78. The molecule has 0 spiro atoms.